The highest BCUT2D eigenvalue weighted by Gasteiger charge is 2.94. The van der Waals surface area contributed by atoms with E-state index in [-0.39, 0.29) is 0 Å². The summed E-state index contributed by atoms with van der Waals surface area (Å²) in [6.45, 7) is 0. The Hall–Kier alpha value is -2.83. The molecule has 0 aliphatic heterocycles. The maximum Gasteiger partial charge on any atom is 0.460 e. The lowest BCUT2D eigenvalue weighted by atomic mass is 9.88. The van der Waals surface area contributed by atoms with Crippen LogP contribution in [0.5, 0.6) is 0 Å². The van der Waals surface area contributed by atoms with E-state index in [1.807, 2.05) is 0 Å². The Morgan fingerprint density at radius 2 is 0.490 bits per heavy atom. The third kappa shape index (κ3) is 6.14. The predicted octanol–water partition coefficient (Wildman–Crippen LogP) is 11.7. The Balaban J connectivity index is 7.58. The van der Waals surface area contributed by atoms with Gasteiger partial charge >= 0.3 is 83.7 Å². The summed E-state index contributed by atoms with van der Waals surface area (Å²) in [4.78, 5) is 0. The van der Waals surface area contributed by atoms with Crippen LogP contribution in [-0.4, -0.2) is 83.7 Å². The van der Waals surface area contributed by atoms with Crippen LogP contribution in [0.2, 0.25) is 0 Å². The monoisotopic (exact) mass is 844 g/mol. The van der Waals surface area contributed by atoms with Crippen molar-refractivity contribution >= 4 is 0 Å². The molecule has 0 aliphatic rings. The summed E-state index contributed by atoms with van der Waals surface area (Å²) in [5.41, 5.74) is 0. The Bertz CT molecular complexity index is 1350. The Kier molecular flexibility index (Phi) is 11.7. The van der Waals surface area contributed by atoms with E-state index in [1.165, 1.54) is 0 Å². The van der Waals surface area contributed by atoms with Gasteiger partial charge in [-0.25, -0.2) is 26.3 Å². The third-order valence-corrected chi connectivity index (χ3v) is 5.69. The molecular formula is C18HF33. The summed E-state index contributed by atoms with van der Waals surface area (Å²) < 4.78 is 434. The molecule has 0 amide bonds. The largest absolute Gasteiger partial charge is 0.460 e. The predicted molar refractivity (Wildman–Crippen MR) is 89.9 cm³/mol. The smallest absolute Gasteiger partial charge is 0.203 e. The fourth-order valence-corrected chi connectivity index (χ4v) is 2.63. The van der Waals surface area contributed by atoms with E-state index < -0.39 is 107 Å². The van der Waals surface area contributed by atoms with E-state index in [2.05, 4.69) is 0 Å². The van der Waals surface area contributed by atoms with E-state index >= 15 is 0 Å². The fraction of sp³-hybridized carbons (Fsp3) is 0.778. The zero-order valence-corrected chi connectivity index (χ0v) is 21.6. The normalized spacial score (nSPS) is 17.5. The molecule has 0 saturated carbocycles. The van der Waals surface area contributed by atoms with Gasteiger partial charge in [-0.2, -0.15) is 119 Å². The molecule has 0 N–H and O–H groups in total. The molecule has 0 atom stereocenters. The SMILES string of the molecule is F/C(=C(\F)C(F)(F)C(F)(F)C(F)(F)C(F)(F)C(F)(F)F)C(F)(F)/C(F)=C(/F)C(F)(F)C(F)(F)C(F)(F)C(F)(F)C(F)(F)C(F)(F)C(F)(F)C(F)F. The molecule has 0 radical (unpaired) electrons. The average molecular weight is 844 g/mol. The quantitative estimate of drug-likeness (QED) is 0.153. The first-order valence-corrected chi connectivity index (χ1v) is 10.6. The summed E-state index contributed by atoms with van der Waals surface area (Å²) in [5.74, 6) is -131. The topological polar surface area (TPSA) is 0 Å². The molecule has 0 spiro atoms. The minimum absolute atomic E-state index is 5.97. The van der Waals surface area contributed by atoms with Gasteiger partial charge in [-0.3, -0.25) is 0 Å². The zero-order chi connectivity index (χ0) is 42.4. The van der Waals surface area contributed by atoms with Gasteiger partial charge in [0.15, 0.2) is 0 Å². The number of allylic oxidation sites excluding steroid dienone is 4. The second-order valence-electron chi connectivity index (χ2n) is 9.00. The van der Waals surface area contributed by atoms with Gasteiger partial charge in [0.25, 0.3) is 0 Å². The Morgan fingerprint density at radius 1 is 0.275 bits per heavy atom. The van der Waals surface area contributed by atoms with Crippen LogP contribution in [0.3, 0.4) is 0 Å². The number of alkyl halides is 29. The lowest BCUT2D eigenvalue weighted by Gasteiger charge is -2.42. The second-order valence-corrected chi connectivity index (χ2v) is 9.00. The molecule has 0 unspecified atom stereocenters. The first kappa shape index (κ1) is 48.2. The van der Waals surface area contributed by atoms with Crippen LogP contribution in [0.25, 0.3) is 0 Å². The van der Waals surface area contributed by atoms with Crippen molar-refractivity contribution in [3.63, 3.8) is 0 Å². The molecule has 0 aliphatic carbocycles. The van der Waals surface area contributed by atoms with Crippen molar-refractivity contribution in [2.75, 3.05) is 0 Å². The highest BCUT2D eigenvalue weighted by molar-refractivity contribution is 5.32. The molecule has 0 aromatic rings. The zero-order valence-electron chi connectivity index (χ0n) is 21.6. The third-order valence-electron chi connectivity index (χ3n) is 5.69. The maximum absolute atomic E-state index is 13.7. The van der Waals surface area contributed by atoms with Crippen LogP contribution in [-0.2, 0) is 0 Å². The van der Waals surface area contributed by atoms with Crippen molar-refractivity contribution in [1.82, 2.24) is 0 Å². The minimum atomic E-state index is -9.51. The van der Waals surface area contributed by atoms with Crippen molar-refractivity contribution in [2.45, 2.75) is 83.7 Å². The molecule has 51 heavy (non-hydrogen) atoms. The van der Waals surface area contributed by atoms with Gasteiger partial charge in [-0.1, -0.05) is 0 Å². The summed E-state index contributed by atoms with van der Waals surface area (Å²) in [6.07, 6.45) is -14.5. The Labute approximate surface area is 253 Å². The van der Waals surface area contributed by atoms with Gasteiger partial charge in [0.05, 0.1) is 0 Å². The van der Waals surface area contributed by atoms with E-state index in [9.17, 15) is 145 Å². The summed E-state index contributed by atoms with van der Waals surface area (Å²) >= 11 is 0. The standard InChI is InChI=1S/C18HF33/c19-1(6(25,26)2(20)4(22)8(29,30)11(35,36)15(43,44)17(47,48)18(49,50)51)3(21)7(27,28)10(33,34)13(39,40)16(45,46)14(41,42)12(37,38)9(31,32)5(23)24/h5H/b3-1-,4-2-. The molecule has 0 bridgehead atoms. The second kappa shape index (κ2) is 12.4. The fourth-order valence-electron chi connectivity index (χ4n) is 2.63. The summed E-state index contributed by atoms with van der Waals surface area (Å²) in [5, 5.41) is 0. The van der Waals surface area contributed by atoms with Gasteiger partial charge in [0.1, 0.15) is 0 Å². The van der Waals surface area contributed by atoms with Gasteiger partial charge in [0.2, 0.25) is 23.3 Å². The van der Waals surface area contributed by atoms with Gasteiger partial charge in [-0.15, -0.1) is 0 Å². The van der Waals surface area contributed by atoms with Crippen molar-refractivity contribution in [3.8, 4) is 0 Å². The maximum atomic E-state index is 13.7. The Morgan fingerprint density at radius 3 is 0.725 bits per heavy atom. The lowest BCUT2D eigenvalue weighted by molar-refractivity contribution is -0.445. The molecular weight excluding hydrogens is 843 g/mol. The molecule has 0 saturated heterocycles. The van der Waals surface area contributed by atoms with Crippen molar-refractivity contribution in [1.29, 1.82) is 0 Å². The molecule has 304 valence electrons. The molecule has 33 heteroatoms. The molecule has 0 nitrogen and oxygen atoms in total. The van der Waals surface area contributed by atoms with E-state index in [0.29, 0.717) is 0 Å². The van der Waals surface area contributed by atoms with E-state index in [0.717, 1.165) is 0 Å². The summed E-state index contributed by atoms with van der Waals surface area (Å²) in [7, 11) is 0. The van der Waals surface area contributed by atoms with Crippen molar-refractivity contribution in [3.05, 3.63) is 23.3 Å². The summed E-state index contributed by atoms with van der Waals surface area (Å²) in [6, 6.07) is 0. The lowest BCUT2D eigenvalue weighted by Crippen LogP contribution is -2.73. The van der Waals surface area contributed by atoms with Crippen molar-refractivity contribution < 1.29 is 145 Å². The molecule has 0 rings (SSSR count). The van der Waals surface area contributed by atoms with Crippen molar-refractivity contribution in [2.24, 2.45) is 0 Å². The van der Waals surface area contributed by atoms with Gasteiger partial charge in [0, 0.05) is 0 Å². The average Bonchev–Trinajstić information content (AvgIpc) is 2.93. The minimum Gasteiger partial charge on any atom is -0.203 e. The highest BCUT2D eigenvalue weighted by atomic mass is 19.4. The van der Waals surface area contributed by atoms with E-state index in [4.69, 9.17) is 0 Å². The number of hydrogen-bond acceptors (Lipinski definition) is 0. The van der Waals surface area contributed by atoms with Crippen LogP contribution in [0.4, 0.5) is 145 Å². The highest BCUT2D eigenvalue weighted by Crippen LogP contribution is 2.65. The number of rotatable bonds is 14. The molecule has 0 fully saturated rings. The molecule has 0 aromatic carbocycles. The van der Waals surface area contributed by atoms with Crippen LogP contribution in [0.1, 0.15) is 0 Å². The number of halogens is 33. The van der Waals surface area contributed by atoms with E-state index in [1.54, 1.807) is 0 Å². The van der Waals surface area contributed by atoms with Crippen LogP contribution < -0.4 is 0 Å². The number of hydrogen-bond donors (Lipinski definition) is 0. The first-order valence-electron chi connectivity index (χ1n) is 10.6. The molecule has 0 aromatic heterocycles. The van der Waals surface area contributed by atoms with Crippen LogP contribution in [0.15, 0.2) is 23.3 Å². The molecule has 0 heterocycles. The van der Waals surface area contributed by atoms with Crippen LogP contribution in [0, 0.1) is 0 Å². The first-order chi connectivity index (χ1) is 21.6. The van der Waals surface area contributed by atoms with Gasteiger partial charge in [-0.05, 0) is 0 Å². The van der Waals surface area contributed by atoms with Crippen LogP contribution >= 0.6 is 0 Å². The van der Waals surface area contributed by atoms with Gasteiger partial charge < -0.3 is 0 Å².